The van der Waals surface area contributed by atoms with Crippen molar-refractivity contribution in [3.63, 3.8) is 0 Å². The Bertz CT molecular complexity index is 661. The minimum Gasteiger partial charge on any atom is -0.298 e. The van der Waals surface area contributed by atoms with E-state index in [0.29, 0.717) is 18.4 Å². The highest BCUT2D eigenvalue weighted by Crippen LogP contribution is 2.34. The van der Waals surface area contributed by atoms with E-state index in [0.717, 1.165) is 18.2 Å². The van der Waals surface area contributed by atoms with Crippen molar-refractivity contribution in [2.45, 2.75) is 6.18 Å². The summed E-state index contributed by atoms with van der Waals surface area (Å²) < 4.78 is 63.7. The monoisotopic (exact) mass is 286 g/mol. The molecule has 0 N–H and O–H groups in total. The van der Waals surface area contributed by atoms with Crippen LogP contribution in [0.4, 0.5) is 22.0 Å². The summed E-state index contributed by atoms with van der Waals surface area (Å²) in [5.41, 5.74) is -1.23. The number of halogens is 5. The number of alkyl halides is 3. The molecule has 104 valence electrons. The van der Waals surface area contributed by atoms with E-state index >= 15 is 0 Å². The van der Waals surface area contributed by atoms with Crippen LogP contribution in [0.3, 0.4) is 0 Å². The number of rotatable bonds is 2. The van der Waals surface area contributed by atoms with E-state index in [4.69, 9.17) is 0 Å². The summed E-state index contributed by atoms with van der Waals surface area (Å²) in [5, 5.41) is 0. The van der Waals surface area contributed by atoms with Crippen LogP contribution in [0.5, 0.6) is 0 Å². The van der Waals surface area contributed by atoms with Gasteiger partial charge in [-0.2, -0.15) is 13.2 Å². The smallest absolute Gasteiger partial charge is 0.298 e. The highest BCUT2D eigenvalue weighted by Gasteiger charge is 2.34. The van der Waals surface area contributed by atoms with Crippen LogP contribution in [0.15, 0.2) is 36.4 Å². The molecule has 2 aromatic carbocycles. The second-order valence-corrected chi connectivity index (χ2v) is 4.04. The molecular weight excluding hydrogens is 279 g/mol. The highest BCUT2D eigenvalue weighted by molar-refractivity contribution is 5.87. The van der Waals surface area contributed by atoms with E-state index in [-0.39, 0.29) is 16.7 Å². The zero-order chi connectivity index (χ0) is 14.9. The molecule has 0 aliphatic heterocycles. The summed E-state index contributed by atoms with van der Waals surface area (Å²) >= 11 is 0. The summed E-state index contributed by atoms with van der Waals surface area (Å²) in [6.45, 7) is 0. The van der Waals surface area contributed by atoms with Crippen molar-refractivity contribution < 1.29 is 26.7 Å². The van der Waals surface area contributed by atoms with E-state index in [9.17, 15) is 26.7 Å². The van der Waals surface area contributed by atoms with E-state index in [1.54, 1.807) is 0 Å². The van der Waals surface area contributed by atoms with Gasteiger partial charge in [-0.1, -0.05) is 12.1 Å². The van der Waals surface area contributed by atoms with Crippen molar-refractivity contribution in [3.8, 4) is 11.1 Å². The predicted molar refractivity (Wildman–Crippen MR) is 62.2 cm³/mol. The Morgan fingerprint density at radius 3 is 2.20 bits per heavy atom. The van der Waals surface area contributed by atoms with Gasteiger partial charge in [0.1, 0.15) is 11.6 Å². The molecule has 0 fully saturated rings. The highest BCUT2D eigenvalue weighted by atomic mass is 19.4. The minimum absolute atomic E-state index is 0.0656. The van der Waals surface area contributed by atoms with Crippen LogP contribution in [-0.2, 0) is 6.18 Å². The first-order chi connectivity index (χ1) is 9.32. The van der Waals surface area contributed by atoms with E-state index in [2.05, 4.69) is 0 Å². The maximum atomic E-state index is 13.5. The van der Waals surface area contributed by atoms with E-state index < -0.39 is 23.4 Å². The van der Waals surface area contributed by atoms with Gasteiger partial charge >= 0.3 is 6.18 Å². The molecule has 6 heteroatoms. The van der Waals surface area contributed by atoms with E-state index in [1.165, 1.54) is 6.07 Å². The maximum Gasteiger partial charge on any atom is 0.419 e. The van der Waals surface area contributed by atoms with Gasteiger partial charge in [0.2, 0.25) is 0 Å². The molecule has 0 radical (unpaired) electrons. The Morgan fingerprint density at radius 1 is 0.950 bits per heavy atom. The van der Waals surface area contributed by atoms with Gasteiger partial charge in [0.05, 0.1) is 5.56 Å². The van der Waals surface area contributed by atoms with Gasteiger partial charge in [0, 0.05) is 5.56 Å². The fourth-order valence-electron chi connectivity index (χ4n) is 1.81. The van der Waals surface area contributed by atoms with Crippen LogP contribution in [0.2, 0.25) is 0 Å². The van der Waals surface area contributed by atoms with Crippen molar-refractivity contribution in [2.75, 3.05) is 0 Å². The third-order valence-electron chi connectivity index (χ3n) is 2.73. The average molecular weight is 286 g/mol. The average Bonchev–Trinajstić information content (AvgIpc) is 2.36. The Hall–Kier alpha value is -2.24. The molecule has 0 heterocycles. The molecule has 0 atom stereocenters. The molecule has 0 aliphatic rings. The van der Waals surface area contributed by atoms with Crippen molar-refractivity contribution in [1.82, 2.24) is 0 Å². The summed E-state index contributed by atoms with van der Waals surface area (Å²) in [6, 6.07) is 5.47. The lowest BCUT2D eigenvalue weighted by Gasteiger charge is -2.10. The topological polar surface area (TPSA) is 17.1 Å². The third-order valence-corrected chi connectivity index (χ3v) is 2.73. The number of hydrogen-bond acceptors (Lipinski definition) is 1. The molecule has 2 rings (SSSR count). The van der Waals surface area contributed by atoms with Crippen molar-refractivity contribution in [3.05, 3.63) is 59.2 Å². The second kappa shape index (κ2) is 5.03. The van der Waals surface area contributed by atoms with E-state index in [1.807, 2.05) is 0 Å². The van der Waals surface area contributed by atoms with Crippen LogP contribution in [0.1, 0.15) is 15.9 Å². The Labute approximate surface area is 110 Å². The largest absolute Gasteiger partial charge is 0.419 e. The third kappa shape index (κ3) is 2.68. The summed E-state index contributed by atoms with van der Waals surface area (Å²) in [7, 11) is 0. The fourth-order valence-corrected chi connectivity index (χ4v) is 1.81. The van der Waals surface area contributed by atoms with Crippen LogP contribution in [-0.4, -0.2) is 6.29 Å². The summed E-state index contributed by atoms with van der Waals surface area (Å²) in [6.07, 6.45) is -4.44. The lowest BCUT2D eigenvalue weighted by atomic mass is 9.99. The van der Waals surface area contributed by atoms with Gasteiger partial charge in [-0.15, -0.1) is 0 Å². The zero-order valence-electron chi connectivity index (χ0n) is 9.84. The molecule has 0 aromatic heterocycles. The van der Waals surface area contributed by atoms with Gasteiger partial charge in [-0.25, -0.2) is 8.78 Å². The Morgan fingerprint density at radius 2 is 1.65 bits per heavy atom. The normalized spacial score (nSPS) is 11.4. The molecule has 0 unspecified atom stereocenters. The Kier molecular flexibility index (Phi) is 3.57. The fraction of sp³-hybridized carbons (Fsp3) is 0.0714. The minimum atomic E-state index is -4.79. The Balaban J connectivity index is 2.55. The summed E-state index contributed by atoms with van der Waals surface area (Å²) in [4.78, 5) is 10.8. The molecule has 0 saturated heterocycles. The molecule has 1 nitrogen and oxygen atoms in total. The quantitative estimate of drug-likeness (QED) is 0.588. The van der Waals surface area contributed by atoms with Gasteiger partial charge in [-0.3, -0.25) is 4.79 Å². The first-order valence-electron chi connectivity index (χ1n) is 5.45. The van der Waals surface area contributed by atoms with Crippen molar-refractivity contribution >= 4 is 6.29 Å². The van der Waals surface area contributed by atoms with Crippen LogP contribution in [0.25, 0.3) is 11.1 Å². The van der Waals surface area contributed by atoms with Crippen LogP contribution >= 0.6 is 0 Å². The number of carbonyl (C=O) groups is 1. The van der Waals surface area contributed by atoms with Crippen LogP contribution in [0, 0.1) is 11.6 Å². The van der Waals surface area contributed by atoms with Gasteiger partial charge in [-0.05, 0) is 35.4 Å². The van der Waals surface area contributed by atoms with Crippen molar-refractivity contribution in [1.29, 1.82) is 0 Å². The molecule has 20 heavy (non-hydrogen) atoms. The number of aldehydes is 1. The lowest BCUT2D eigenvalue weighted by molar-refractivity contribution is -0.139. The molecule has 0 saturated carbocycles. The lowest BCUT2D eigenvalue weighted by Crippen LogP contribution is -2.08. The van der Waals surface area contributed by atoms with Gasteiger partial charge < -0.3 is 0 Å². The molecule has 0 amide bonds. The molecule has 0 bridgehead atoms. The molecule has 0 aliphatic carbocycles. The van der Waals surface area contributed by atoms with Gasteiger partial charge in [0.15, 0.2) is 6.29 Å². The summed E-state index contributed by atoms with van der Waals surface area (Å²) in [5.74, 6) is -2.11. The number of hydrogen-bond donors (Lipinski definition) is 0. The second-order valence-electron chi connectivity index (χ2n) is 4.04. The first kappa shape index (κ1) is 14.2. The first-order valence-corrected chi connectivity index (χ1v) is 5.45. The number of carbonyl (C=O) groups excluding carboxylic acids is 1. The zero-order valence-corrected chi connectivity index (χ0v) is 9.84. The van der Waals surface area contributed by atoms with Gasteiger partial charge in [0.25, 0.3) is 0 Å². The van der Waals surface area contributed by atoms with Crippen LogP contribution < -0.4 is 0 Å². The number of benzene rings is 2. The SMILES string of the molecule is O=Cc1cc(F)ccc1-c1ccc(C(F)(F)F)c(F)c1. The standard InChI is InChI=1S/C14H7F5O/c15-10-2-3-11(9(5-10)7-20)8-1-4-12(13(16)6-8)14(17,18)19/h1-7H. The molecule has 0 spiro atoms. The van der Waals surface area contributed by atoms with Crippen molar-refractivity contribution in [2.24, 2.45) is 0 Å². The maximum absolute atomic E-state index is 13.5. The molecular formula is C14H7F5O. The molecule has 2 aromatic rings. The predicted octanol–water partition coefficient (Wildman–Crippen LogP) is 4.46.